The Hall–Kier alpha value is -1.48. The number of hydrogen-bond acceptors (Lipinski definition) is 5. The molecule has 1 aliphatic rings. The molecule has 2 atom stereocenters. The molecule has 1 rings (SSSR count). The van der Waals surface area contributed by atoms with E-state index in [1.807, 2.05) is 0 Å². The molecule has 5 nitrogen and oxygen atoms in total. The standard InChI is InChI=1S/C7H9NO4/c1-4-6(7(10)11-2)8-5(3-9)12-4/h4,6,8H,1-2H3/t4-,6+/m1/s1. The fraction of sp³-hybridized carbons (Fsp3) is 0.571. The maximum atomic E-state index is 11.0. The molecule has 1 fully saturated rings. The molecule has 0 unspecified atom stereocenters. The molecule has 0 amide bonds. The van der Waals surface area contributed by atoms with Crippen LogP contribution >= 0.6 is 0 Å². The fourth-order valence-electron chi connectivity index (χ4n) is 0.978. The van der Waals surface area contributed by atoms with E-state index in [9.17, 15) is 9.59 Å². The Morgan fingerprint density at radius 3 is 2.83 bits per heavy atom. The van der Waals surface area contributed by atoms with Crippen LogP contribution in [0.2, 0.25) is 0 Å². The van der Waals surface area contributed by atoms with Gasteiger partial charge in [-0.25, -0.2) is 9.59 Å². The van der Waals surface area contributed by atoms with Gasteiger partial charge in [-0.3, -0.25) is 0 Å². The average molecular weight is 171 g/mol. The van der Waals surface area contributed by atoms with E-state index in [0.29, 0.717) is 0 Å². The van der Waals surface area contributed by atoms with Crippen LogP contribution in [0.25, 0.3) is 0 Å². The van der Waals surface area contributed by atoms with Crippen molar-refractivity contribution in [1.29, 1.82) is 0 Å². The second-order valence-electron chi connectivity index (χ2n) is 2.40. The van der Waals surface area contributed by atoms with Crippen molar-refractivity contribution in [3.05, 3.63) is 5.88 Å². The summed E-state index contributed by atoms with van der Waals surface area (Å²) < 4.78 is 9.40. The molecule has 5 heteroatoms. The van der Waals surface area contributed by atoms with Crippen LogP contribution in [0.4, 0.5) is 0 Å². The minimum atomic E-state index is -0.605. The van der Waals surface area contributed by atoms with Crippen molar-refractivity contribution in [3.63, 3.8) is 0 Å². The number of carbonyl (C=O) groups is 1. The van der Waals surface area contributed by atoms with E-state index < -0.39 is 18.1 Å². The lowest BCUT2D eigenvalue weighted by Crippen LogP contribution is -2.37. The summed E-state index contributed by atoms with van der Waals surface area (Å²) in [6.07, 6.45) is -0.395. The first kappa shape index (κ1) is 8.62. The van der Waals surface area contributed by atoms with Gasteiger partial charge in [0, 0.05) is 0 Å². The van der Waals surface area contributed by atoms with E-state index in [-0.39, 0.29) is 5.88 Å². The van der Waals surface area contributed by atoms with Gasteiger partial charge in [0.05, 0.1) is 7.11 Å². The lowest BCUT2D eigenvalue weighted by Gasteiger charge is -2.08. The summed E-state index contributed by atoms with van der Waals surface area (Å²) in [5.41, 5.74) is 0. The predicted molar refractivity (Wildman–Crippen MR) is 38.7 cm³/mol. The van der Waals surface area contributed by atoms with Crippen molar-refractivity contribution >= 4 is 11.9 Å². The molecule has 0 aromatic carbocycles. The fourth-order valence-corrected chi connectivity index (χ4v) is 0.978. The molecule has 0 saturated carbocycles. The third-order valence-electron chi connectivity index (χ3n) is 1.61. The van der Waals surface area contributed by atoms with E-state index in [4.69, 9.17) is 4.74 Å². The highest BCUT2D eigenvalue weighted by molar-refractivity contribution is 5.77. The Balaban J connectivity index is 2.70. The van der Waals surface area contributed by atoms with Crippen LogP contribution in [0.1, 0.15) is 6.92 Å². The van der Waals surface area contributed by atoms with E-state index in [1.165, 1.54) is 13.1 Å². The summed E-state index contributed by atoms with van der Waals surface area (Å²) in [5.74, 6) is 1.03. The van der Waals surface area contributed by atoms with Gasteiger partial charge in [-0.1, -0.05) is 0 Å². The molecule has 1 N–H and O–H groups in total. The molecule has 1 saturated heterocycles. The highest BCUT2D eigenvalue weighted by Crippen LogP contribution is 2.13. The zero-order chi connectivity index (χ0) is 9.14. The quantitative estimate of drug-likeness (QED) is 0.413. The monoisotopic (exact) mass is 171 g/mol. The second kappa shape index (κ2) is 3.28. The van der Waals surface area contributed by atoms with Gasteiger partial charge in [-0.15, -0.1) is 0 Å². The number of rotatable bonds is 1. The third kappa shape index (κ3) is 1.40. The van der Waals surface area contributed by atoms with Gasteiger partial charge in [-0.05, 0) is 6.92 Å². The van der Waals surface area contributed by atoms with Crippen LogP contribution in [0.15, 0.2) is 5.88 Å². The van der Waals surface area contributed by atoms with E-state index >= 15 is 0 Å². The van der Waals surface area contributed by atoms with Crippen LogP contribution in [-0.4, -0.2) is 31.2 Å². The van der Waals surface area contributed by atoms with Gasteiger partial charge in [-0.2, -0.15) is 0 Å². The van der Waals surface area contributed by atoms with Gasteiger partial charge >= 0.3 is 5.97 Å². The van der Waals surface area contributed by atoms with Crippen molar-refractivity contribution in [2.24, 2.45) is 0 Å². The summed E-state index contributed by atoms with van der Waals surface area (Å²) in [4.78, 5) is 21.1. The molecule has 1 heterocycles. The largest absolute Gasteiger partial charge is 0.467 e. The van der Waals surface area contributed by atoms with Crippen molar-refractivity contribution in [2.75, 3.05) is 7.11 Å². The van der Waals surface area contributed by atoms with Gasteiger partial charge in [0.2, 0.25) is 0 Å². The summed E-state index contributed by atoms with van der Waals surface area (Å²) in [6, 6.07) is -0.605. The van der Waals surface area contributed by atoms with Crippen LogP contribution in [0, 0.1) is 0 Å². The van der Waals surface area contributed by atoms with Crippen LogP contribution < -0.4 is 5.32 Å². The van der Waals surface area contributed by atoms with Gasteiger partial charge in [0.25, 0.3) is 5.88 Å². The van der Waals surface area contributed by atoms with Gasteiger partial charge in [0.1, 0.15) is 6.10 Å². The molecule has 0 aromatic rings. The highest BCUT2D eigenvalue weighted by atomic mass is 16.5. The third-order valence-corrected chi connectivity index (χ3v) is 1.61. The summed E-state index contributed by atoms with van der Waals surface area (Å²) in [5, 5.41) is 2.54. The van der Waals surface area contributed by atoms with Crippen molar-refractivity contribution < 1.29 is 19.1 Å². The van der Waals surface area contributed by atoms with Crippen molar-refractivity contribution in [1.82, 2.24) is 5.32 Å². The molecule has 0 aliphatic carbocycles. The number of ether oxygens (including phenoxy) is 2. The first-order chi connectivity index (χ1) is 5.69. The van der Waals surface area contributed by atoms with Crippen LogP contribution in [-0.2, 0) is 19.1 Å². The average Bonchev–Trinajstić information content (AvgIpc) is 2.45. The number of nitrogens with one attached hydrogen (secondary N) is 1. The number of hydrogen-bond donors (Lipinski definition) is 1. The van der Waals surface area contributed by atoms with E-state index in [2.05, 4.69) is 10.1 Å². The molecular formula is C7H9NO4. The maximum absolute atomic E-state index is 11.0. The lowest BCUT2D eigenvalue weighted by molar-refractivity contribution is -0.143. The van der Waals surface area contributed by atoms with Gasteiger partial charge in [0.15, 0.2) is 12.0 Å². The number of esters is 1. The zero-order valence-corrected chi connectivity index (χ0v) is 6.79. The smallest absolute Gasteiger partial charge is 0.332 e. The van der Waals surface area contributed by atoms with Crippen LogP contribution in [0.5, 0.6) is 0 Å². The number of methoxy groups -OCH3 is 1. The normalized spacial score (nSPS) is 27.0. The lowest BCUT2D eigenvalue weighted by atomic mass is 10.2. The Morgan fingerprint density at radius 1 is 1.75 bits per heavy atom. The Bertz CT molecular complexity index is 244. The minimum absolute atomic E-state index is 0.0436. The molecule has 0 radical (unpaired) electrons. The minimum Gasteiger partial charge on any atom is -0.467 e. The highest BCUT2D eigenvalue weighted by Gasteiger charge is 2.35. The molecule has 66 valence electrons. The van der Waals surface area contributed by atoms with E-state index in [1.54, 1.807) is 6.92 Å². The maximum Gasteiger partial charge on any atom is 0.332 e. The van der Waals surface area contributed by atoms with Gasteiger partial charge < -0.3 is 14.8 Å². The SMILES string of the molecule is COC(=O)[C@H]1NC(=C=O)O[C@@H]1C. The molecule has 0 bridgehead atoms. The van der Waals surface area contributed by atoms with E-state index in [0.717, 1.165) is 0 Å². The number of carbonyl (C=O) groups excluding carboxylic acids is 2. The predicted octanol–water partition coefficient (Wildman–Crippen LogP) is -0.791. The molecule has 1 aliphatic heterocycles. The summed E-state index contributed by atoms with van der Waals surface area (Å²) >= 11 is 0. The summed E-state index contributed by atoms with van der Waals surface area (Å²) in [6.45, 7) is 1.67. The van der Waals surface area contributed by atoms with Crippen molar-refractivity contribution in [2.45, 2.75) is 19.1 Å². The first-order valence-corrected chi connectivity index (χ1v) is 3.45. The molecule has 12 heavy (non-hydrogen) atoms. The Labute approximate surface area is 69.3 Å². The summed E-state index contributed by atoms with van der Waals surface area (Å²) in [7, 11) is 1.28. The zero-order valence-electron chi connectivity index (χ0n) is 6.79. The Kier molecular flexibility index (Phi) is 2.35. The molecule has 0 spiro atoms. The first-order valence-electron chi connectivity index (χ1n) is 3.45. The molecular weight excluding hydrogens is 162 g/mol. The second-order valence-corrected chi connectivity index (χ2v) is 2.40. The topological polar surface area (TPSA) is 64.6 Å². The van der Waals surface area contributed by atoms with Crippen molar-refractivity contribution in [3.8, 4) is 0 Å². The van der Waals surface area contributed by atoms with Crippen LogP contribution in [0.3, 0.4) is 0 Å². The Morgan fingerprint density at radius 2 is 2.42 bits per heavy atom. The molecule has 0 aromatic heterocycles.